The van der Waals surface area contributed by atoms with Crippen molar-refractivity contribution in [1.82, 2.24) is 0 Å². The number of primary amides is 1. The van der Waals surface area contributed by atoms with Crippen LogP contribution in [0.5, 0.6) is 0 Å². The van der Waals surface area contributed by atoms with Gasteiger partial charge in [-0.3, -0.25) is 0 Å². The Kier molecular flexibility index (Phi) is 16.9. The summed E-state index contributed by atoms with van der Waals surface area (Å²) in [5, 5.41) is 0.882. The lowest BCUT2D eigenvalue weighted by molar-refractivity contribution is -0.0947. The lowest BCUT2D eigenvalue weighted by atomic mass is 9.81. The Bertz CT molecular complexity index is 1500. The first kappa shape index (κ1) is 43.2. The predicted molar refractivity (Wildman–Crippen MR) is 208 cm³/mol. The van der Waals surface area contributed by atoms with E-state index in [1.54, 1.807) is 13.2 Å². The van der Waals surface area contributed by atoms with Crippen molar-refractivity contribution in [3.05, 3.63) is 76.2 Å². The average molecular weight is 712 g/mol. The molecule has 1 amide bonds. The SMILES string of the molecule is CCC=CC(C)[C@H](OC(N)=O)[C@@H](C)[C@H](O[Si](C)(C)C(C)(C)C)[C@@H](C)CC(C)=C[C@H](C)[C@@H](OCOC)C(C)C=Cc1ccc2oc(=O)ccc2c1. The summed E-state index contributed by atoms with van der Waals surface area (Å²) in [7, 11) is -0.560. The van der Waals surface area contributed by atoms with E-state index in [1.807, 2.05) is 18.2 Å². The molecule has 280 valence electrons. The molecule has 0 aliphatic carbocycles. The Morgan fingerprint density at radius 1 is 0.960 bits per heavy atom. The van der Waals surface area contributed by atoms with Gasteiger partial charge in [0.05, 0.1) is 12.2 Å². The molecule has 2 rings (SSSR count). The molecule has 1 heterocycles. The number of hydrogen-bond acceptors (Lipinski definition) is 7. The topological polar surface area (TPSA) is 110 Å². The second kappa shape index (κ2) is 19.6. The number of amides is 1. The largest absolute Gasteiger partial charge is 0.445 e. The number of rotatable bonds is 19. The van der Waals surface area contributed by atoms with Crippen LogP contribution in [0.3, 0.4) is 0 Å². The maximum absolute atomic E-state index is 12.1. The van der Waals surface area contributed by atoms with Crippen LogP contribution in [-0.2, 0) is 18.6 Å². The molecule has 2 N–H and O–H groups in total. The molecule has 1 aromatic carbocycles. The third kappa shape index (κ3) is 13.0. The summed E-state index contributed by atoms with van der Waals surface area (Å²) in [6.07, 6.45) is 11.0. The summed E-state index contributed by atoms with van der Waals surface area (Å²) >= 11 is 0. The molecule has 50 heavy (non-hydrogen) atoms. The first-order valence-electron chi connectivity index (χ1n) is 18.1. The van der Waals surface area contributed by atoms with E-state index in [1.165, 1.54) is 11.6 Å². The minimum absolute atomic E-state index is 0.00997. The highest BCUT2D eigenvalue weighted by Gasteiger charge is 2.44. The van der Waals surface area contributed by atoms with E-state index in [4.69, 9.17) is 28.8 Å². The van der Waals surface area contributed by atoms with Gasteiger partial charge in [0.15, 0.2) is 8.32 Å². The molecule has 8 atom stereocenters. The summed E-state index contributed by atoms with van der Waals surface area (Å²) in [4.78, 5) is 23.7. The van der Waals surface area contributed by atoms with Crippen LogP contribution in [0.4, 0.5) is 4.79 Å². The predicted octanol–water partition coefficient (Wildman–Crippen LogP) is 10.1. The van der Waals surface area contributed by atoms with Gasteiger partial charge in [-0.1, -0.05) is 104 Å². The van der Waals surface area contributed by atoms with Gasteiger partial charge in [-0.15, -0.1) is 0 Å². The molecule has 9 heteroatoms. The zero-order valence-electron chi connectivity index (χ0n) is 32.9. The molecule has 0 bridgehead atoms. The summed E-state index contributed by atoms with van der Waals surface area (Å²) in [5.41, 5.74) is 8.07. The van der Waals surface area contributed by atoms with Gasteiger partial charge in [-0.2, -0.15) is 0 Å². The molecule has 0 saturated carbocycles. The Morgan fingerprint density at radius 3 is 2.22 bits per heavy atom. The fraction of sp³-hybridized carbons (Fsp3) is 0.610. The number of carbonyl (C=O) groups excluding carboxylic acids is 1. The first-order chi connectivity index (χ1) is 23.3. The number of nitrogens with two attached hydrogens (primary N) is 1. The van der Waals surface area contributed by atoms with E-state index in [9.17, 15) is 9.59 Å². The normalized spacial score (nSPS) is 18.1. The first-order valence-corrected chi connectivity index (χ1v) is 21.0. The Labute approximate surface area is 302 Å². The van der Waals surface area contributed by atoms with Gasteiger partial charge in [-0.25, -0.2) is 9.59 Å². The van der Waals surface area contributed by atoms with Crippen molar-refractivity contribution in [2.75, 3.05) is 13.9 Å². The molecule has 0 aliphatic rings. The van der Waals surface area contributed by atoms with Crippen molar-refractivity contribution in [2.45, 2.75) is 119 Å². The van der Waals surface area contributed by atoms with Crippen LogP contribution in [0.1, 0.15) is 87.6 Å². The molecule has 0 saturated heterocycles. The second-order valence-electron chi connectivity index (χ2n) is 15.7. The fourth-order valence-electron chi connectivity index (χ4n) is 6.46. The monoisotopic (exact) mass is 711 g/mol. The van der Waals surface area contributed by atoms with Crippen molar-refractivity contribution >= 4 is 31.5 Å². The third-order valence-electron chi connectivity index (χ3n) is 10.1. The van der Waals surface area contributed by atoms with E-state index in [2.05, 4.69) is 113 Å². The standard InChI is InChI=1S/C41H65NO7Si/c1-14-15-16-28(3)38(48-40(42)44)32(7)39(49-50(12,13)41(8,9)10)31(6)24-27(2)23-30(5)37(46-26-45-11)29(4)17-18-33-19-21-35-34(25-33)20-22-36(43)47-35/h15-23,25,28-32,37-39H,14,24,26H2,1-13H3,(H2,42,44)/t28?,29?,30-,31-,32+,37-,38-,39+/m0/s1. The molecule has 0 radical (unpaired) electrons. The number of methoxy groups -OCH3 is 1. The molecule has 0 fully saturated rings. The molecular weight excluding hydrogens is 647 g/mol. The Hall–Kier alpha value is -2.98. The van der Waals surface area contributed by atoms with Crippen molar-refractivity contribution < 1.29 is 27.8 Å². The number of carbonyl (C=O) groups is 1. The minimum atomic E-state index is -2.20. The molecule has 2 unspecified atom stereocenters. The number of allylic oxidation sites excluding steroid dienone is 2. The molecular formula is C41H65NO7Si. The van der Waals surface area contributed by atoms with Crippen molar-refractivity contribution in [3.63, 3.8) is 0 Å². The van der Waals surface area contributed by atoms with E-state index in [0.717, 1.165) is 23.8 Å². The van der Waals surface area contributed by atoms with Crippen LogP contribution in [0.2, 0.25) is 18.1 Å². The fourth-order valence-corrected chi connectivity index (χ4v) is 7.95. The third-order valence-corrected chi connectivity index (χ3v) is 14.6. The van der Waals surface area contributed by atoms with Gasteiger partial charge < -0.3 is 28.8 Å². The van der Waals surface area contributed by atoms with Gasteiger partial charge >= 0.3 is 11.7 Å². The average Bonchev–Trinajstić information content (AvgIpc) is 3.03. The second-order valence-corrected chi connectivity index (χ2v) is 20.4. The van der Waals surface area contributed by atoms with Gasteiger partial charge in [0.25, 0.3) is 0 Å². The molecule has 2 aromatic rings. The quantitative estimate of drug-likeness (QED) is 0.0668. The van der Waals surface area contributed by atoms with Crippen LogP contribution < -0.4 is 11.4 Å². The Balaban J connectivity index is 2.36. The van der Waals surface area contributed by atoms with Gasteiger partial charge in [0.2, 0.25) is 0 Å². The van der Waals surface area contributed by atoms with E-state index < -0.39 is 20.5 Å². The molecule has 0 spiro atoms. The van der Waals surface area contributed by atoms with Crippen molar-refractivity contribution in [1.29, 1.82) is 0 Å². The minimum Gasteiger partial charge on any atom is -0.445 e. The molecule has 0 aliphatic heterocycles. The maximum atomic E-state index is 12.1. The lowest BCUT2D eigenvalue weighted by Crippen LogP contribution is -2.50. The van der Waals surface area contributed by atoms with Crippen LogP contribution >= 0.6 is 0 Å². The summed E-state index contributed by atoms with van der Waals surface area (Å²) in [6.45, 7) is 26.5. The zero-order chi connectivity index (χ0) is 37.8. The number of ether oxygens (including phenoxy) is 3. The number of fused-ring (bicyclic) bond motifs is 1. The molecule has 1 aromatic heterocycles. The highest BCUT2D eigenvalue weighted by atomic mass is 28.4. The maximum Gasteiger partial charge on any atom is 0.404 e. The van der Waals surface area contributed by atoms with Crippen LogP contribution in [0.25, 0.3) is 17.0 Å². The number of benzene rings is 1. The summed E-state index contributed by atoms with van der Waals surface area (Å²) < 4.78 is 29.8. The van der Waals surface area contributed by atoms with Crippen LogP contribution in [0, 0.1) is 29.6 Å². The zero-order valence-corrected chi connectivity index (χ0v) is 33.9. The van der Waals surface area contributed by atoms with Crippen LogP contribution in [-0.4, -0.2) is 46.6 Å². The number of hydrogen-bond donors (Lipinski definition) is 1. The van der Waals surface area contributed by atoms with Gasteiger partial charge in [-0.05, 0) is 67.6 Å². The highest BCUT2D eigenvalue weighted by molar-refractivity contribution is 6.74. The van der Waals surface area contributed by atoms with Crippen molar-refractivity contribution in [3.8, 4) is 0 Å². The summed E-state index contributed by atoms with van der Waals surface area (Å²) in [5.74, 6) is 0.185. The highest BCUT2D eigenvalue weighted by Crippen LogP contribution is 2.41. The lowest BCUT2D eigenvalue weighted by Gasteiger charge is -2.44. The summed E-state index contributed by atoms with van der Waals surface area (Å²) in [6, 6.07) is 8.98. The smallest absolute Gasteiger partial charge is 0.404 e. The van der Waals surface area contributed by atoms with Gasteiger partial charge in [0, 0.05) is 42.2 Å². The van der Waals surface area contributed by atoms with Crippen molar-refractivity contribution in [2.24, 2.45) is 35.3 Å². The van der Waals surface area contributed by atoms with Gasteiger partial charge in [0.1, 0.15) is 18.5 Å². The van der Waals surface area contributed by atoms with E-state index in [0.29, 0.717) is 5.58 Å². The van der Waals surface area contributed by atoms with E-state index in [-0.39, 0.29) is 59.3 Å². The van der Waals surface area contributed by atoms with Crippen LogP contribution in [0.15, 0.2) is 69.4 Å². The van der Waals surface area contributed by atoms with E-state index >= 15 is 0 Å². The molecule has 8 nitrogen and oxygen atoms in total. The Morgan fingerprint density at radius 2 is 1.62 bits per heavy atom.